The Morgan fingerprint density at radius 1 is 1.04 bits per heavy atom. The number of esters is 1. The molecule has 2 aromatic rings. The number of nitrogens with zero attached hydrogens (tertiary/aromatic N) is 1. The summed E-state index contributed by atoms with van der Waals surface area (Å²) >= 11 is 0. The van der Waals surface area contributed by atoms with Crippen molar-refractivity contribution in [1.29, 1.82) is 0 Å². The monoisotopic (exact) mass is 371 g/mol. The van der Waals surface area contributed by atoms with Gasteiger partial charge in [0.25, 0.3) is 0 Å². The third-order valence-corrected chi connectivity index (χ3v) is 7.16. The molecule has 0 bridgehead atoms. The van der Waals surface area contributed by atoms with Crippen LogP contribution in [0.15, 0.2) is 66.7 Å². The highest BCUT2D eigenvalue weighted by atomic mass is 31.2. The maximum atomic E-state index is 13.6. The normalized spacial score (nSPS) is 19.9. The quantitative estimate of drug-likeness (QED) is 0.439. The van der Waals surface area contributed by atoms with Gasteiger partial charge in [-0.2, -0.15) is 0 Å². The van der Waals surface area contributed by atoms with Crippen LogP contribution in [0.5, 0.6) is 11.5 Å². The van der Waals surface area contributed by atoms with Gasteiger partial charge < -0.3 is 14.0 Å². The first-order chi connectivity index (χ1) is 12.6. The lowest BCUT2D eigenvalue weighted by Crippen LogP contribution is -2.35. The number of carbonyl (C=O) groups is 1. The largest absolute Gasteiger partial charge is 0.465 e. The number of hydrogen-bond acceptors (Lipinski definition) is 4. The van der Waals surface area contributed by atoms with Crippen molar-refractivity contribution in [1.82, 2.24) is 4.67 Å². The molecule has 1 heterocycles. The summed E-state index contributed by atoms with van der Waals surface area (Å²) in [6.07, 6.45) is 4.25. The Balaban J connectivity index is 1.78. The minimum absolute atomic E-state index is 0.0255. The number of allylic oxidation sites excluding steroid dienone is 1. The number of ether oxygens (including phenoxy) is 2. The Bertz CT molecular complexity index is 817. The average molecular weight is 371 g/mol. The molecule has 1 aliphatic heterocycles. The summed E-state index contributed by atoms with van der Waals surface area (Å²) in [5.74, 6) is 1.07. The fourth-order valence-corrected chi connectivity index (χ4v) is 5.36. The molecule has 6 heteroatoms. The first-order valence-corrected chi connectivity index (χ1v) is 10.4. The molecule has 0 fully saturated rings. The summed E-state index contributed by atoms with van der Waals surface area (Å²) < 4.78 is 26.1. The van der Waals surface area contributed by atoms with E-state index in [0.717, 1.165) is 5.75 Å². The zero-order valence-corrected chi connectivity index (χ0v) is 15.6. The molecule has 1 unspecified atom stereocenters. The molecule has 1 aliphatic rings. The molecule has 0 aromatic heterocycles. The van der Waals surface area contributed by atoms with Gasteiger partial charge in [0.2, 0.25) is 0 Å². The Labute approximate surface area is 153 Å². The van der Waals surface area contributed by atoms with Crippen molar-refractivity contribution in [3.8, 4) is 11.5 Å². The third-order valence-electron chi connectivity index (χ3n) is 4.13. The Morgan fingerprint density at radius 2 is 1.73 bits per heavy atom. The Morgan fingerprint density at radius 3 is 2.42 bits per heavy atom. The van der Waals surface area contributed by atoms with Crippen LogP contribution in [0, 0.1) is 0 Å². The maximum absolute atomic E-state index is 13.6. The van der Waals surface area contributed by atoms with Gasteiger partial charge in [-0.15, -0.1) is 0 Å². The van der Waals surface area contributed by atoms with Gasteiger partial charge in [0.15, 0.2) is 7.29 Å². The SMILES string of the molecule is CCOC(=O)CN1CC=CCP1(=O)c1ccc(Oc2ccccc2)cc1. The minimum atomic E-state index is -2.87. The highest BCUT2D eigenvalue weighted by Gasteiger charge is 2.34. The molecule has 26 heavy (non-hydrogen) atoms. The Kier molecular flexibility index (Phi) is 5.92. The second-order valence-electron chi connectivity index (χ2n) is 5.92. The van der Waals surface area contributed by atoms with E-state index in [9.17, 15) is 9.36 Å². The van der Waals surface area contributed by atoms with Crippen LogP contribution in [0.25, 0.3) is 0 Å². The standard InChI is InChI=1S/C20H22NO4P/c1-2-24-20(22)16-21-14-6-7-15-26(21,23)19-12-10-18(11-13-19)25-17-8-4-3-5-9-17/h3-13H,2,14-16H2,1H3. The summed E-state index contributed by atoms with van der Waals surface area (Å²) in [6, 6.07) is 16.7. The van der Waals surface area contributed by atoms with Gasteiger partial charge >= 0.3 is 5.97 Å². The van der Waals surface area contributed by atoms with E-state index in [4.69, 9.17) is 9.47 Å². The zero-order chi connectivity index (χ0) is 18.4. The highest BCUT2D eigenvalue weighted by molar-refractivity contribution is 7.69. The van der Waals surface area contributed by atoms with Crippen molar-refractivity contribution >= 4 is 18.6 Å². The number of carbonyl (C=O) groups excluding carboxylic acids is 1. The second-order valence-corrected chi connectivity index (χ2v) is 8.77. The molecule has 0 amide bonds. The van der Waals surface area contributed by atoms with Crippen LogP contribution in [0.2, 0.25) is 0 Å². The molecule has 2 aromatic carbocycles. The number of hydrogen-bond donors (Lipinski definition) is 0. The minimum Gasteiger partial charge on any atom is -0.465 e. The average Bonchev–Trinajstić information content (AvgIpc) is 2.65. The van der Waals surface area contributed by atoms with E-state index in [1.807, 2.05) is 66.7 Å². The lowest BCUT2D eigenvalue weighted by molar-refractivity contribution is -0.143. The van der Waals surface area contributed by atoms with Crippen LogP contribution in [-0.2, 0) is 14.1 Å². The van der Waals surface area contributed by atoms with Gasteiger partial charge in [-0.25, -0.2) is 4.67 Å². The molecule has 0 aliphatic carbocycles. The third kappa shape index (κ3) is 4.24. The molecular weight excluding hydrogens is 349 g/mol. The number of rotatable bonds is 6. The summed E-state index contributed by atoms with van der Waals surface area (Å²) in [4.78, 5) is 11.9. The molecule has 0 saturated carbocycles. The van der Waals surface area contributed by atoms with Crippen LogP contribution >= 0.6 is 7.29 Å². The van der Waals surface area contributed by atoms with Gasteiger partial charge in [-0.3, -0.25) is 4.79 Å². The highest BCUT2D eigenvalue weighted by Crippen LogP contribution is 2.50. The first kappa shape index (κ1) is 18.4. The zero-order valence-electron chi connectivity index (χ0n) is 14.7. The van der Waals surface area contributed by atoms with Crippen molar-refractivity contribution in [2.45, 2.75) is 6.92 Å². The van der Waals surface area contributed by atoms with Crippen molar-refractivity contribution < 1.29 is 18.8 Å². The second kappa shape index (κ2) is 8.35. The van der Waals surface area contributed by atoms with E-state index in [1.54, 1.807) is 11.6 Å². The topological polar surface area (TPSA) is 55.8 Å². The molecule has 0 radical (unpaired) electrons. The van der Waals surface area contributed by atoms with E-state index in [0.29, 0.717) is 30.4 Å². The first-order valence-electron chi connectivity index (χ1n) is 8.60. The van der Waals surface area contributed by atoms with Crippen molar-refractivity contribution in [2.75, 3.05) is 25.9 Å². The molecule has 1 atom stereocenters. The van der Waals surface area contributed by atoms with Crippen molar-refractivity contribution in [3.63, 3.8) is 0 Å². The fraction of sp³-hybridized carbons (Fsp3) is 0.250. The van der Waals surface area contributed by atoms with E-state index in [-0.39, 0.29) is 12.5 Å². The van der Waals surface area contributed by atoms with Gasteiger partial charge in [0.05, 0.1) is 6.61 Å². The fourth-order valence-electron chi connectivity index (χ4n) is 2.84. The summed E-state index contributed by atoms with van der Waals surface area (Å²) in [5, 5.41) is 0.714. The molecule has 136 valence electrons. The van der Waals surface area contributed by atoms with Crippen LogP contribution < -0.4 is 10.0 Å². The predicted molar refractivity (Wildman–Crippen MR) is 102 cm³/mol. The van der Waals surface area contributed by atoms with Crippen LogP contribution in [0.4, 0.5) is 0 Å². The lowest BCUT2D eigenvalue weighted by atomic mass is 10.3. The molecule has 0 N–H and O–H groups in total. The molecule has 0 saturated heterocycles. The van der Waals surface area contributed by atoms with Crippen LogP contribution in [0.1, 0.15) is 6.92 Å². The van der Waals surface area contributed by atoms with Gasteiger partial charge in [0.1, 0.15) is 18.0 Å². The van der Waals surface area contributed by atoms with E-state index in [1.165, 1.54) is 0 Å². The number of para-hydroxylation sites is 1. The van der Waals surface area contributed by atoms with E-state index < -0.39 is 7.29 Å². The molecular formula is C20H22NO4P. The molecule has 5 nitrogen and oxygen atoms in total. The molecule has 3 rings (SSSR count). The smallest absolute Gasteiger partial charge is 0.320 e. The summed E-state index contributed by atoms with van der Waals surface area (Å²) in [5.41, 5.74) is 0. The van der Waals surface area contributed by atoms with Crippen molar-refractivity contribution in [3.05, 3.63) is 66.7 Å². The van der Waals surface area contributed by atoms with E-state index >= 15 is 0 Å². The Hall–Kier alpha value is -2.36. The van der Waals surface area contributed by atoms with Crippen molar-refractivity contribution in [2.24, 2.45) is 0 Å². The van der Waals surface area contributed by atoms with Gasteiger partial charge in [0, 0.05) is 18.0 Å². The van der Waals surface area contributed by atoms with Crippen LogP contribution in [0.3, 0.4) is 0 Å². The summed E-state index contributed by atoms with van der Waals surface area (Å²) in [6.45, 7) is 2.58. The molecule has 0 spiro atoms. The van der Waals surface area contributed by atoms with Crippen LogP contribution in [-0.4, -0.2) is 36.5 Å². The lowest BCUT2D eigenvalue weighted by Gasteiger charge is -2.32. The summed E-state index contributed by atoms with van der Waals surface area (Å²) in [7, 11) is -2.87. The number of benzene rings is 2. The predicted octanol–water partition coefficient (Wildman–Crippen LogP) is 3.82. The van der Waals surface area contributed by atoms with E-state index in [2.05, 4.69) is 0 Å². The van der Waals surface area contributed by atoms with Gasteiger partial charge in [-0.1, -0.05) is 30.4 Å². The maximum Gasteiger partial charge on any atom is 0.320 e. The van der Waals surface area contributed by atoms with Gasteiger partial charge in [-0.05, 0) is 43.3 Å².